The maximum Gasteiger partial charge on any atom is 0.321 e. The van der Waals surface area contributed by atoms with Gasteiger partial charge in [0.2, 0.25) is 0 Å². The molecule has 0 bridgehead atoms. The van der Waals surface area contributed by atoms with E-state index in [0.717, 1.165) is 22.7 Å². The minimum absolute atomic E-state index is 0.268. The standard InChI is InChI=1S/C21H19ClN2O4S/c22-16-5-3-15(4-6-16)19-9-18(28-23-19)11-27-17-7-1-14(2-8-17)10-24-13-29-12-20(24)21(25)26/h1-9,20H,10-13H2,(H,25,26). The fourth-order valence-electron chi connectivity index (χ4n) is 3.08. The highest BCUT2D eigenvalue weighted by atomic mass is 35.5. The predicted octanol–water partition coefficient (Wildman–Crippen LogP) is 4.53. The van der Waals surface area contributed by atoms with Crippen molar-refractivity contribution in [1.82, 2.24) is 10.1 Å². The zero-order valence-corrected chi connectivity index (χ0v) is 17.0. The van der Waals surface area contributed by atoms with Crippen molar-refractivity contribution in [2.45, 2.75) is 19.2 Å². The van der Waals surface area contributed by atoms with Crippen molar-refractivity contribution < 1.29 is 19.2 Å². The molecule has 6 nitrogen and oxygen atoms in total. The molecule has 1 saturated heterocycles. The number of ether oxygens (including phenoxy) is 1. The summed E-state index contributed by atoms with van der Waals surface area (Å²) in [7, 11) is 0. The first kappa shape index (κ1) is 19.8. The van der Waals surface area contributed by atoms with Crippen molar-refractivity contribution in [1.29, 1.82) is 0 Å². The Kier molecular flexibility index (Phi) is 6.08. The molecule has 0 radical (unpaired) electrons. The molecule has 1 fully saturated rings. The predicted molar refractivity (Wildman–Crippen MR) is 112 cm³/mol. The van der Waals surface area contributed by atoms with Crippen molar-refractivity contribution in [3.8, 4) is 17.0 Å². The van der Waals surface area contributed by atoms with Gasteiger partial charge in [-0.25, -0.2) is 0 Å². The van der Waals surface area contributed by atoms with E-state index in [4.69, 9.17) is 20.9 Å². The average Bonchev–Trinajstić information content (AvgIpc) is 3.38. The van der Waals surface area contributed by atoms with Crippen LogP contribution in [0.15, 0.2) is 59.1 Å². The van der Waals surface area contributed by atoms with E-state index in [2.05, 4.69) is 5.16 Å². The number of aromatic nitrogens is 1. The lowest BCUT2D eigenvalue weighted by atomic mass is 10.1. The number of carboxylic acid groups (broad SMARTS) is 1. The number of halogens is 1. The lowest BCUT2D eigenvalue weighted by Gasteiger charge is -2.20. The van der Waals surface area contributed by atoms with Crippen molar-refractivity contribution in [3.05, 3.63) is 70.9 Å². The minimum Gasteiger partial charge on any atom is -0.486 e. The van der Waals surface area contributed by atoms with Gasteiger partial charge >= 0.3 is 5.97 Å². The molecule has 0 spiro atoms. The molecule has 1 atom stereocenters. The number of nitrogens with zero attached hydrogens (tertiary/aromatic N) is 2. The van der Waals surface area contributed by atoms with E-state index in [-0.39, 0.29) is 6.61 Å². The van der Waals surface area contributed by atoms with Gasteiger partial charge in [0.05, 0.1) is 0 Å². The molecular weight excluding hydrogens is 412 g/mol. The third-order valence-corrected chi connectivity index (χ3v) is 5.97. The van der Waals surface area contributed by atoms with Crippen LogP contribution in [0, 0.1) is 0 Å². The summed E-state index contributed by atoms with van der Waals surface area (Å²) in [6.07, 6.45) is 0. The van der Waals surface area contributed by atoms with E-state index in [0.29, 0.717) is 28.8 Å². The van der Waals surface area contributed by atoms with Gasteiger partial charge in [-0.1, -0.05) is 41.0 Å². The molecule has 1 unspecified atom stereocenters. The Morgan fingerprint density at radius 2 is 2.00 bits per heavy atom. The molecule has 1 N–H and O–H groups in total. The topological polar surface area (TPSA) is 75.8 Å². The van der Waals surface area contributed by atoms with Gasteiger partial charge in [-0.3, -0.25) is 9.69 Å². The SMILES string of the molecule is O=C(O)C1CSCN1Cc1ccc(OCc2cc(-c3ccc(Cl)cc3)no2)cc1. The average molecular weight is 431 g/mol. The van der Waals surface area contributed by atoms with E-state index in [1.54, 1.807) is 11.8 Å². The summed E-state index contributed by atoms with van der Waals surface area (Å²) in [5.41, 5.74) is 2.70. The second-order valence-electron chi connectivity index (χ2n) is 6.72. The number of benzene rings is 2. The van der Waals surface area contributed by atoms with E-state index >= 15 is 0 Å². The van der Waals surface area contributed by atoms with E-state index in [1.165, 1.54) is 0 Å². The van der Waals surface area contributed by atoms with Crippen LogP contribution < -0.4 is 4.74 Å². The molecule has 2 aromatic carbocycles. The molecule has 29 heavy (non-hydrogen) atoms. The Bertz CT molecular complexity index is 975. The summed E-state index contributed by atoms with van der Waals surface area (Å²) >= 11 is 7.55. The van der Waals surface area contributed by atoms with Crippen LogP contribution in [-0.4, -0.2) is 38.8 Å². The second-order valence-corrected chi connectivity index (χ2v) is 8.15. The highest BCUT2D eigenvalue weighted by Gasteiger charge is 2.30. The normalized spacial score (nSPS) is 16.8. The first-order valence-corrected chi connectivity index (χ1v) is 10.6. The van der Waals surface area contributed by atoms with Gasteiger partial charge in [-0.15, -0.1) is 11.8 Å². The molecule has 4 rings (SSSR count). The van der Waals surface area contributed by atoms with Crippen LogP contribution in [-0.2, 0) is 17.9 Å². The van der Waals surface area contributed by atoms with Crippen LogP contribution >= 0.6 is 23.4 Å². The van der Waals surface area contributed by atoms with E-state index < -0.39 is 12.0 Å². The molecular formula is C21H19ClN2O4S. The molecule has 1 aliphatic rings. The number of rotatable bonds is 7. The Morgan fingerprint density at radius 1 is 1.24 bits per heavy atom. The zero-order chi connectivity index (χ0) is 20.2. The number of carbonyl (C=O) groups is 1. The highest BCUT2D eigenvalue weighted by molar-refractivity contribution is 7.99. The summed E-state index contributed by atoms with van der Waals surface area (Å²) in [6.45, 7) is 0.876. The van der Waals surface area contributed by atoms with Crippen molar-refractivity contribution in [2.24, 2.45) is 0 Å². The third-order valence-electron chi connectivity index (χ3n) is 4.65. The summed E-state index contributed by atoms with van der Waals surface area (Å²) < 4.78 is 11.1. The van der Waals surface area contributed by atoms with Gasteiger partial charge in [-0.2, -0.15) is 0 Å². The molecule has 0 amide bonds. The van der Waals surface area contributed by atoms with Crippen LogP contribution in [0.3, 0.4) is 0 Å². The molecule has 3 aromatic rings. The maximum absolute atomic E-state index is 11.3. The van der Waals surface area contributed by atoms with E-state index in [9.17, 15) is 9.90 Å². The number of hydrogen-bond acceptors (Lipinski definition) is 6. The summed E-state index contributed by atoms with van der Waals surface area (Å²) in [5.74, 6) is 1.93. The number of thioether (sulfide) groups is 1. The largest absolute Gasteiger partial charge is 0.486 e. The smallest absolute Gasteiger partial charge is 0.321 e. The second kappa shape index (κ2) is 8.90. The number of hydrogen-bond donors (Lipinski definition) is 1. The van der Waals surface area contributed by atoms with Gasteiger partial charge < -0.3 is 14.4 Å². The van der Waals surface area contributed by atoms with Gasteiger partial charge in [0.25, 0.3) is 0 Å². The number of carboxylic acids is 1. The van der Waals surface area contributed by atoms with Gasteiger partial charge in [0.15, 0.2) is 5.76 Å². The Hall–Kier alpha value is -2.48. The molecule has 1 aliphatic heterocycles. The van der Waals surface area contributed by atoms with Crippen LogP contribution in [0.5, 0.6) is 5.75 Å². The molecule has 0 saturated carbocycles. The van der Waals surface area contributed by atoms with Crippen molar-refractivity contribution >= 4 is 29.3 Å². The van der Waals surface area contributed by atoms with E-state index in [1.807, 2.05) is 59.5 Å². The summed E-state index contributed by atoms with van der Waals surface area (Å²) in [6, 6.07) is 16.5. The van der Waals surface area contributed by atoms with Crippen LogP contribution in [0.1, 0.15) is 11.3 Å². The molecule has 150 valence electrons. The van der Waals surface area contributed by atoms with Crippen LogP contribution in [0.4, 0.5) is 0 Å². The molecule has 2 heterocycles. The first-order chi connectivity index (χ1) is 14.1. The lowest BCUT2D eigenvalue weighted by molar-refractivity contribution is -0.141. The van der Waals surface area contributed by atoms with Gasteiger partial charge in [0, 0.05) is 34.8 Å². The fourth-order valence-corrected chi connectivity index (χ4v) is 4.39. The highest BCUT2D eigenvalue weighted by Crippen LogP contribution is 2.25. The van der Waals surface area contributed by atoms with Crippen molar-refractivity contribution in [3.63, 3.8) is 0 Å². The van der Waals surface area contributed by atoms with Crippen molar-refractivity contribution in [2.75, 3.05) is 11.6 Å². The van der Waals surface area contributed by atoms with Crippen LogP contribution in [0.2, 0.25) is 5.02 Å². The monoisotopic (exact) mass is 430 g/mol. The number of aliphatic carboxylic acids is 1. The zero-order valence-electron chi connectivity index (χ0n) is 15.5. The third kappa shape index (κ3) is 4.93. The Balaban J connectivity index is 1.33. The molecule has 1 aromatic heterocycles. The first-order valence-electron chi connectivity index (χ1n) is 9.06. The minimum atomic E-state index is -0.764. The van der Waals surface area contributed by atoms with Crippen LogP contribution in [0.25, 0.3) is 11.3 Å². The quantitative estimate of drug-likeness (QED) is 0.589. The van der Waals surface area contributed by atoms with Gasteiger partial charge in [-0.05, 0) is 29.8 Å². The lowest BCUT2D eigenvalue weighted by Crippen LogP contribution is -2.37. The summed E-state index contributed by atoms with van der Waals surface area (Å²) in [4.78, 5) is 13.3. The maximum atomic E-state index is 11.3. The fraction of sp³-hybridized carbons (Fsp3) is 0.238. The van der Waals surface area contributed by atoms with Gasteiger partial charge in [0.1, 0.15) is 24.1 Å². The summed E-state index contributed by atoms with van der Waals surface area (Å²) in [5, 5.41) is 14.0. The Labute approximate surface area is 177 Å². The molecule has 0 aliphatic carbocycles. The Morgan fingerprint density at radius 3 is 2.72 bits per heavy atom. The molecule has 8 heteroatoms.